The highest BCUT2D eigenvalue weighted by molar-refractivity contribution is 5.66. The van der Waals surface area contributed by atoms with E-state index in [1.54, 1.807) is 7.11 Å². The van der Waals surface area contributed by atoms with E-state index in [0.717, 1.165) is 39.1 Å². The highest BCUT2D eigenvalue weighted by Gasteiger charge is 2.19. The fourth-order valence-electron chi connectivity index (χ4n) is 2.05. The number of carbonyl (C=O) groups is 1. The minimum absolute atomic E-state index is 0.0908. The van der Waals surface area contributed by atoms with E-state index in [-0.39, 0.29) is 12.5 Å². The lowest BCUT2D eigenvalue weighted by Crippen LogP contribution is -2.39. The molecule has 1 fully saturated rings. The summed E-state index contributed by atoms with van der Waals surface area (Å²) >= 11 is 0. The Morgan fingerprint density at radius 2 is 1.95 bits per heavy atom. The van der Waals surface area contributed by atoms with Gasteiger partial charge in [-0.1, -0.05) is 0 Å². The zero-order valence-corrected chi connectivity index (χ0v) is 11.7. The molecule has 19 heavy (non-hydrogen) atoms. The Morgan fingerprint density at radius 1 is 1.21 bits per heavy atom. The molecule has 0 radical (unpaired) electrons. The van der Waals surface area contributed by atoms with Crippen molar-refractivity contribution in [3.05, 3.63) is 0 Å². The van der Waals surface area contributed by atoms with Gasteiger partial charge in [0.1, 0.15) is 0 Å². The maximum Gasteiger partial charge on any atom is 0.305 e. The van der Waals surface area contributed by atoms with Crippen LogP contribution in [0.1, 0.15) is 19.3 Å². The molecule has 1 aliphatic rings. The summed E-state index contributed by atoms with van der Waals surface area (Å²) in [6.45, 7) is 5.25. The first kappa shape index (κ1) is 16.4. The second kappa shape index (κ2) is 10.1. The van der Waals surface area contributed by atoms with Crippen molar-refractivity contribution in [2.45, 2.75) is 25.4 Å². The smallest absolute Gasteiger partial charge is 0.305 e. The van der Waals surface area contributed by atoms with Gasteiger partial charge in [0.05, 0.1) is 39.0 Å². The van der Waals surface area contributed by atoms with Gasteiger partial charge in [-0.2, -0.15) is 0 Å². The predicted octanol–water partition coefficient (Wildman–Crippen LogP) is 0.605. The van der Waals surface area contributed by atoms with E-state index >= 15 is 0 Å². The Labute approximate surface area is 114 Å². The third-order valence-corrected chi connectivity index (χ3v) is 3.19. The van der Waals surface area contributed by atoms with Crippen molar-refractivity contribution in [2.24, 2.45) is 0 Å². The number of hydrogen-bond acceptors (Lipinski definition) is 5. The molecule has 1 aliphatic heterocycles. The van der Waals surface area contributed by atoms with E-state index in [9.17, 15) is 4.79 Å². The third-order valence-electron chi connectivity index (χ3n) is 3.19. The van der Waals surface area contributed by atoms with Gasteiger partial charge in [-0.3, -0.25) is 4.79 Å². The van der Waals surface area contributed by atoms with Gasteiger partial charge in [-0.25, -0.2) is 0 Å². The van der Waals surface area contributed by atoms with Crippen LogP contribution in [0.3, 0.4) is 0 Å². The molecule has 6 nitrogen and oxygen atoms in total. The summed E-state index contributed by atoms with van der Waals surface area (Å²) in [5, 5.41) is 8.53. The SMILES string of the molecule is COCCOCCN1CCC(OCCC(=O)O)CC1. The molecule has 112 valence electrons. The summed E-state index contributed by atoms with van der Waals surface area (Å²) in [6.07, 6.45) is 2.24. The lowest BCUT2D eigenvalue weighted by molar-refractivity contribution is -0.138. The first-order chi connectivity index (χ1) is 9.22. The molecule has 0 aromatic rings. The van der Waals surface area contributed by atoms with Crippen molar-refractivity contribution in [2.75, 3.05) is 53.2 Å². The molecule has 0 amide bonds. The number of nitrogens with zero attached hydrogens (tertiary/aromatic N) is 1. The standard InChI is InChI=1S/C13H25NO5/c1-17-10-11-18-9-7-14-5-2-12(3-6-14)19-8-4-13(15)16/h12H,2-11H2,1H3,(H,15,16). The Bertz CT molecular complexity index is 241. The quantitative estimate of drug-likeness (QED) is 0.589. The second-order valence-corrected chi connectivity index (χ2v) is 4.66. The van der Waals surface area contributed by atoms with E-state index in [1.165, 1.54) is 0 Å². The molecule has 0 aliphatic carbocycles. The molecule has 0 aromatic carbocycles. The van der Waals surface area contributed by atoms with E-state index in [4.69, 9.17) is 19.3 Å². The average molecular weight is 275 g/mol. The predicted molar refractivity (Wildman–Crippen MR) is 70.4 cm³/mol. The van der Waals surface area contributed by atoms with E-state index in [1.807, 2.05) is 0 Å². The first-order valence-corrected chi connectivity index (χ1v) is 6.85. The van der Waals surface area contributed by atoms with Crippen LogP contribution in [0, 0.1) is 0 Å². The molecule has 1 saturated heterocycles. The number of methoxy groups -OCH3 is 1. The van der Waals surface area contributed by atoms with Crippen LogP contribution in [0.25, 0.3) is 0 Å². The maximum absolute atomic E-state index is 10.4. The number of ether oxygens (including phenoxy) is 3. The summed E-state index contributed by atoms with van der Waals surface area (Å²) in [4.78, 5) is 12.7. The fraction of sp³-hybridized carbons (Fsp3) is 0.923. The van der Waals surface area contributed by atoms with Crippen LogP contribution in [0.15, 0.2) is 0 Å². The molecular weight excluding hydrogens is 250 g/mol. The molecule has 1 rings (SSSR count). The van der Waals surface area contributed by atoms with E-state index in [0.29, 0.717) is 19.8 Å². The number of likely N-dealkylation sites (tertiary alicyclic amines) is 1. The zero-order chi connectivity index (χ0) is 13.9. The van der Waals surface area contributed by atoms with Crippen LogP contribution in [0.4, 0.5) is 0 Å². The van der Waals surface area contributed by atoms with Gasteiger partial charge < -0.3 is 24.2 Å². The van der Waals surface area contributed by atoms with Crippen LogP contribution in [-0.4, -0.2) is 75.3 Å². The summed E-state index contributed by atoms with van der Waals surface area (Å²) < 4.78 is 15.9. The van der Waals surface area contributed by atoms with Gasteiger partial charge in [-0.05, 0) is 12.8 Å². The third kappa shape index (κ3) is 8.15. The molecule has 1 N–H and O–H groups in total. The molecule has 1 heterocycles. The van der Waals surface area contributed by atoms with Crippen molar-refractivity contribution >= 4 is 5.97 Å². The number of carboxylic acids is 1. The summed E-state index contributed by atoms with van der Waals surface area (Å²) in [5.74, 6) is -0.800. The number of rotatable bonds is 10. The molecule has 0 spiro atoms. The topological polar surface area (TPSA) is 68.2 Å². The number of hydrogen-bond donors (Lipinski definition) is 1. The Morgan fingerprint density at radius 3 is 2.58 bits per heavy atom. The first-order valence-electron chi connectivity index (χ1n) is 6.85. The highest BCUT2D eigenvalue weighted by atomic mass is 16.5. The van der Waals surface area contributed by atoms with Gasteiger partial charge in [0.15, 0.2) is 0 Å². The Kier molecular flexibility index (Phi) is 8.73. The van der Waals surface area contributed by atoms with Crippen molar-refractivity contribution < 1.29 is 24.1 Å². The number of piperidine rings is 1. The monoisotopic (exact) mass is 275 g/mol. The number of carboxylic acid groups (broad SMARTS) is 1. The lowest BCUT2D eigenvalue weighted by atomic mass is 10.1. The Balaban J connectivity index is 1.97. The van der Waals surface area contributed by atoms with Crippen LogP contribution in [0.5, 0.6) is 0 Å². The lowest BCUT2D eigenvalue weighted by Gasteiger charge is -2.31. The van der Waals surface area contributed by atoms with Crippen molar-refractivity contribution in [1.29, 1.82) is 0 Å². The zero-order valence-electron chi connectivity index (χ0n) is 11.7. The summed E-state index contributed by atoms with van der Waals surface area (Å²) in [7, 11) is 1.67. The molecule has 0 aromatic heterocycles. The van der Waals surface area contributed by atoms with Crippen LogP contribution in [-0.2, 0) is 19.0 Å². The van der Waals surface area contributed by atoms with Gasteiger partial charge in [0.2, 0.25) is 0 Å². The Hall–Kier alpha value is -0.690. The average Bonchev–Trinajstić information content (AvgIpc) is 2.40. The minimum Gasteiger partial charge on any atom is -0.481 e. The number of aliphatic carboxylic acids is 1. The van der Waals surface area contributed by atoms with Gasteiger partial charge in [0.25, 0.3) is 0 Å². The van der Waals surface area contributed by atoms with Crippen LogP contribution in [0.2, 0.25) is 0 Å². The summed E-state index contributed by atoms with van der Waals surface area (Å²) in [6, 6.07) is 0. The van der Waals surface area contributed by atoms with Crippen molar-refractivity contribution in [3.63, 3.8) is 0 Å². The molecule has 0 unspecified atom stereocenters. The van der Waals surface area contributed by atoms with Crippen molar-refractivity contribution in [3.8, 4) is 0 Å². The van der Waals surface area contributed by atoms with Gasteiger partial charge >= 0.3 is 5.97 Å². The van der Waals surface area contributed by atoms with Crippen LogP contribution >= 0.6 is 0 Å². The normalized spacial score (nSPS) is 17.7. The van der Waals surface area contributed by atoms with E-state index in [2.05, 4.69) is 4.90 Å². The second-order valence-electron chi connectivity index (χ2n) is 4.66. The molecule has 0 saturated carbocycles. The fourth-order valence-corrected chi connectivity index (χ4v) is 2.05. The minimum atomic E-state index is -0.800. The van der Waals surface area contributed by atoms with Crippen molar-refractivity contribution in [1.82, 2.24) is 4.90 Å². The van der Waals surface area contributed by atoms with E-state index < -0.39 is 5.97 Å². The molecule has 0 bridgehead atoms. The van der Waals surface area contributed by atoms with Crippen LogP contribution < -0.4 is 0 Å². The molecule has 0 atom stereocenters. The van der Waals surface area contributed by atoms with Gasteiger partial charge in [0, 0.05) is 26.7 Å². The van der Waals surface area contributed by atoms with Gasteiger partial charge in [-0.15, -0.1) is 0 Å². The molecular formula is C13H25NO5. The maximum atomic E-state index is 10.4. The summed E-state index contributed by atoms with van der Waals surface area (Å²) in [5.41, 5.74) is 0. The highest BCUT2D eigenvalue weighted by Crippen LogP contribution is 2.13. The molecule has 6 heteroatoms. The largest absolute Gasteiger partial charge is 0.481 e.